The Labute approximate surface area is 84.1 Å². The summed E-state index contributed by atoms with van der Waals surface area (Å²) in [6.07, 6.45) is 4.47. The summed E-state index contributed by atoms with van der Waals surface area (Å²) in [5.74, 6) is 0.795. The van der Waals surface area contributed by atoms with Crippen molar-refractivity contribution in [2.45, 2.75) is 44.3 Å². The van der Waals surface area contributed by atoms with Crippen molar-refractivity contribution in [3.63, 3.8) is 0 Å². The molecule has 5 atom stereocenters. The molecule has 0 aromatic heterocycles. The lowest BCUT2D eigenvalue weighted by Gasteiger charge is -2.41. The molecule has 0 aromatic rings. The van der Waals surface area contributed by atoms with Crippen molar-refractivity contribution in [2.24, 2.45) is 17.8 Å². The maximum atomic E-state index is 10.7. The lowest BCUT2D eigenvalue weighted by Crippen LogP contribution is -2.40. The summed E-state index contributed by atoms with van der Waals surface area (Å²) >= 11 is 0. The van der Waals surface area contributed by atoms with Crippen LogP contribution in [0.25, 0.3) is 0 Å². The van der Waals surface area contributed by atoms with E-state index in [9.17, 15) is 15.0 Å². The van der Waals surface area contributed by atoms with Crippen LogP contribution >= 0.6 is 0 Å². The third kappa shape index (κ3) is 1.84. The molecule has 0 amide bonds. The van der Waals surface area contributed by atoms with Gasteiger partial charge in [0.2, 0.25) is 0 Å². The average Bonchev–Trinajstić information content (AvgIpc) is 2.17. The topological polar surface area (TPSA) is 57.5 Å². The minimum Gasteiger partial charge on any atom is -0.393 e. The molecular formula is C11H18O3. The molecule has 0 aromatic carbocycles. The zero-order valence-corrected chi connectivity index (χ0v) is 8.30. The maximum absolute atomic E-state index is 10.7. The van der Waals surface area contributed by atoms with Crippen LogP contribution in [0.3, 0.4) is 0 Å². The van der Waals surface area contributed by atoms with Gasteiger partial charge in [0.1, 0.15) is 6.29 Å². The predicted octanol–water partition coefficient (Wildman–Crippen LogP) is 0.733. The van der Waals surface area contributed by atoms with E-state index in [0.717, 1.165) is 38.4 Å². The fourth-order valence-corrected chi connectivity index (χ4v) is 3.04. The number of aliphatic hydroxyl groups excluding tert-OH is 2. The van der Waals surface area contributed by atoms with Gasteiger partial charge in [0.15, 0.2) is 0 Å². The van der Waals surface area contributed by atoms with Crippen LogP contribution in [0.5, 0.6) is 0 Å². The van der Waals surface area contributed by atoms with E-state index in [2.05, 4.69) is 0 Å². The normalized spacial score (nSPS) is 48.3. The number of hydrogen-bond donors (Lipinski definition) is 2. The Morgan fingerprint density at radius 3 is 2.50 bits per heavy atom. The number of rotatable bonds is 1. The highest BCUT2D eigenvalue weighted by molar-refractivity contribution is 5.54. The monoisotopic (exact) mass is 198 g/mol. The largest absolute Gasteiger partial charge is 0.393 e. The van der Waals surface area contributed by atoms with Crippen molar-refractivity contribution in [3.05, 3.63) is 0 Å². The number of carbonyl (C=O) groups excluding carboxylic acids is 1. The van der Waals surface area contributed by atoms with E-state index >= 15 is 0 Å². The lowest BCUT2D eigenvalue weighted by atomic mass is 9.66. The molecule has 0 saturated heterocycles. The minimum atomic E-state index is -0.441. The van der Waals surface area contributed by atoms with E-state index in [1.54, 1.807) is 0 Å². The second-order valence-electron chi connectivity index (χ2n) is 4.83. The van der Waals surface area contributed by atoms with Gasteiger partial charge >= 0.3 is 0 Å². The Morgan fingerprint density at radius 1 is 1.00 bits per heavy atom. The molecule has 80 valence electrons. The van der Waals surface area contributed by atoms with Gasteiger partial charge in [0, 0.05) is 5.92 Å². The van der Waals surface area contributed by atoms with E-state index in [0.29, 0.717) is 11.8 Å². The van der Waals surface area contributed by atoms with E-state index in [1.807, 2.05) is 0 Å². The van der Waals surface area contributed by atoms with Crippen LogP contribution in [0, 0.1) is 17.8 Å². The van der Waals surface area contributed by atoms with Crippen molar-refractivity contribution in [2.75, 3.05) is 0 Å². The first kappa shape index (κ1) is 10.1. The molecule has 2 rings (SSSR count). The second-order valence-corrected chi connectivity index (χ2v) is 4.83. The summed E-state index contributed by atoms with van der Waals surface area (Å²) < 4.78 is 0. The summed E-state index contributed by atoms with van der Waals surface area (Å²) in [5.41, 5.74) is 0. The standard InChI is InChI=1S/C11H18O3/c12-6-9-3-8-4-10(13)2-1-7(8)5-11(9)14/h6-11,13-14H,1-5H2. The van der Waals surface area contributed by atoms with Crippen molar-refractivity contribution in [3.8, 4) is 0 Å². The minimum absolute atomic E-state index is 0.182. The average molecular weight is 198 g/mol. The van der Waals surface area contributed by atoms with Crippen LogP contribution in [0.2, 0.25) is 0 Å². The molecule has 2 N–H and O–H groups in total. The lowest BCUT2D eigenvalue weighted by molar-refractivity contribution is -0.119. The van der Waals surface area contributed by atoms with Gasteiger partial charge in [-0.2, -0.15) is 0 Å². The van der Waals surface area contributed by atoms with Gasteiger partial charge < -0.3 is 15.0 Å². The number of aliphatic hydroxyl groups is 2. The molecule has 0 radical (unpaired) electrons. The molecule has 2 aliphatic carbocycles. The maximum Gasteiger partial charge on any atom is 0.125 e. The SMILES string of the molecule is O=CC1CC2CC(O)CCC2CC1O. The molecule has 0 bridgehead atoms. The first-order valence-electron chi connectivity index (χ1n) is 5.52. The smallest absolute Gasteiger partial charge is 0.125 e. The van der Waals surface area contributed by atoms with Gasteiger partial charge in [-0.25, -0.2) is 0 Å². The number of aldehydes is 1. The molecule has 14 heavy (non-hydrogen) atoms. The van der Waals surface area contributed by atoms with E-state index in [-0.39, 0.29) is 12.0 Å². The van der Waals surface area contributed by atoms with E-state index < -0.39 is 6.10 Å². The highest BCUT2D eigenvalue weighted by atomic mass is 16.3. The highest BCUT2D eigenvalue weighted by Crippen LogP contribution is 2.42. The van der Waals surface area contributed by atoms with Crippen molar-refractivity contribution in [1.82, 2.24) is 0 Å². The number of fused-ring (bicyclic) bond motifs is 1. The van der Waals surface area contributed by atoms with Crippen molar-refractivity contribution >= 4 is 6.29 Å². The van der Waals surface area contributed by atoms with Crippen LogP contribution in [0.15, 0.2) is 0 Å². The van der Waals surface area contributed by atoms with E-state index in [4.69, 9.17) is 0 Å². The van der Waals surface area contributed by atoms with Crippen LogP contribution in [-0.4, -0.2) is 28.7 Å². The summed E-state index contributed by atoms with van der Waals surface area (Å²) in [7, 11) is 0. The predicted molar refractivity (Wildman–Crippen MR) is 51.6 cm³/mol. The molecule has 2 aliphatic rings. The van der Waals surface area contributed by atoms with Crippen molar-refractivity contribution in [1.29, 1.82) is 0 Å². The molecule has 2 saturated carbocycles. The highest BCUT2D eigenvalue weighted by Gasteiger charge is 2.39. The zero-order valence-electron chi connectivity index (χ0n) is 8.30. The van der Waals surface area contributed by atoms with Gasteiger partial charge in [0.05, 0.1) is 12.2 Å². The third-order valence-corrected chi connectivity index (χ3v) is 3.90. The summed E-state index contributed by atoms with van der Waals surface area (Å²) in [6, 6.07) is 0. The van der Waals surface area contributed by atoms with Crippen LogP contribution in [-0.2, 0) is 4.79 Å². The molecule has 5 unspecified atom stereocenters. The Bertz CT molecular complexity index is 217. The second kappa shape index (κ2) is 3.99. The number of carbonyl (C=O) groups is 1. The Morgan fingerprint density at radius 2 is 1.79 bits per heavy atom. The van der Waals surface area contributed by atoms with Gasteiger partial charge in [-0.05, 0) is 43.9 Å². The number of hydrogen-bond acceptors (Lipinski definition) is 3. The Kier molecular flexibility index (Phi) is 2.88. The Balaban J connectivity index is 2.01. The van der Waals surface area contributed by atoms with E-state index in [1.165, 1.54) is 0 Å². The van der Waals surface area contributed by atoms with Gasteiger partial charge in [-0.15, -0.1) is 0 Å². The fraction of sp³-hybridized carbons (Fsp3) is 0.909. The molecule has 0 spiro atoms. The third-order valence-electron chi connectivity index (χ3n) is 3.90. The van der Waals surface area contributed by atoms with Gasteiger partial charge in [-0.1, -0.05) is 0 Å². The molecule has 0 aliphatic heterocycles. The van der Waals surface area contributed by atoms with Gasteiger partial charge in [-0.3, -0.25) is 0 Å². The van der Waals surface area contributed by atoms with Crippen LogP contribution in [0.4, 0.5) is 0 Å². The first-order valence-corrected chi connectivity index (χ1v) is 5.52. The quantitative estimate of drug-likeness (QED) is 0.611. The van der Waals surface area contributed by atoms with Crippen LogP contribution < -0.4 is 0 Å². The first-order chi connectivity index (χ1) is 6.70. The fourth-order valence-electron chi connectivity index (χ4n) is 3.04. The summed E-state index contributed by atoms with van der Waals surface area (Å²) in [6.45, 7) is 0. The zero-order chi connectivity index (χ0) is 10.1. The van der Waals surface area contributed by atoms with Crippen LogP contribution in [0.1, 0.15) is 32.1 Å². The molecule has 3 heteroatoms. The molecule has 0 heterocycles. The molecule has 3 nitrogen and oxygen atoms in total. The Hall–Kier alpha value is -0.410. The molecular weight excluding hydrogens is 180 g/mol. The summed E-state index contributed by atoms with van der Waals surface area (Å²) in [5, 5.41) is 19.2. The van der Waals surface area contributed by atoms with Crippen molar-refractivity contribution < 1.29 is 15.0 Å². The summed E-state index contributed by atoms with van der Waals surface area (Å²) in [4.78, 5) is 10.7. The molecule has 2 fully saturated rings. The van der Waals surface area contributed by atoms with Gasteiger partial charge in [0.25, 0.3) is 0 Å².